The Hall–Kier alpha value is -2.61. The summed E-state index contributed by atoms with van der Waals surface area (Å²) in [5, 5.41) is 11.6. The van der Waals surface area contributed by atoms with Gasteiger partial charge >= 0.3 is 5.97 Å². The zero-order valence-corrected chi connectivity index (χ0v) is 15.5. The van der Waals surface area contributed by atoms with Crippen molar-refractivity contribution in [2.24, 2.45) is 0 Å². The lowest BCUT2D eigenvalue weighted by Crippen LogP contribution is -2.46. The van der Waals surface area contributed by atoms with Crippen molar-refractivity contribution in [1.29, 1.82) is 0 Å². The lowest BCUT2D eigenvalue weighted by Gasteiger charge is -2.32. The van der Waals surface area contributed by atoms with Crippen molar-refractivity contribution in [3.05, 3.63) is 29.8 Å². The van der Waals surface area contributed by atoms with Gasteiger partial charge in [-0.15, -0.1) is 0 Å². The molecule has 1 unspecified atom stereocenters. The van der Waals surface area contributed by atoms with Gasteiger partial charge < -0.3 is 24.8 Å². The first-order valence-electron chi connectivity index (χ1n) is 9.12. The second-order valence-electron chi connectivity index (χ2n) is 6.22. The molecule has 8 heteroatoms. The SMILES string of the molecule is CCOc1ccccc1C(=O)NCCCC(=O)N1CCOC(CC(=O)O)C1. The number of para-hydroxylation sites is 1. The summed E-state index contributed by atoms with van der Waals surface area (Å²) in [4.78, 5) is 36.9. The highest BCUT2D eigenvalue weighted by molar-refractivity contribution is 5.96. The number of carbonyl (C=O) groups excluding carboxylic acids is 2. The fourth-order valence-corrected chi connectivity index (χ4v) is 2.89. The first-order chi connectivity index (χ1) is 13.0. The molecule has 1 aromatic rings. The number of hydrogen-bond acceptors (Lipinski definition) is 5. The van der Waals surface area contributed by atoms with Crippen LogP contribution in [0.4, 0.5) is 0 Å². The molecule has 1 atom stereocenters. The average molecular weight is 378 g/mol. The van der Waals surface area contributed by atoms with E-state index in [0.29, 0.717) is 50.6 Å². The molecule has 0 aromatic heterocycles. The molecular formula is C19H26N2O6. The van der Waals surface area contributed by atoms with Crippen LogP contribution in [0.15, 0.2) is 24.3 Å². The monoisotopic (exact) mass is 378 g/mol. The van der Waals surface area contributed by atoms with E-state index < -0.39 is 12.1 Å². The third-order valence-electron chi connectivity index (χ3n) is 4.18. The molecule has 0 bridgehead atoms. The fourth-order valence-electron chi connectivity index (χ4n) is 2.89. The van der Waals surface area contributed by atoms with Crippen molar-refractivity contribution in [3.8, 4) is 5.75 Å². The molecule has 1 aromatic carbocycles. The van der Waals surface area contributed by atoms with Crippen molar-refractivity contribution in [1.82, 2.24) is 10.2 Å². The van der Waals surface area contributed by atoms with E-state index in [0.717, 1.165) is 0 Å². The third kappa shape index (κ3) is 6.56. The second kappa shape index (κ2) is 10.5. The van der Waals surface area contributed by atoms with Gasteiger partial charge in [-0.2, -0.15) is 0 Å². The number of carboxylic acids is 1. The average Bonchev–Trinajstić information content (AvgIpc) is 2.65. The molecule has 1 saturated heterocycles. The molecule has 0 radical (unpaired) electrons. The van der Waals surface area contributed by atoms with Crippen molar-refractivity contribution < 1.29 is 29.0 Å². The standard InChI is InChI=1S/C19H26N2O6/c1-2-26-16-7-4-3-6-15(16)19(25)20-9-5-8-17(22)21-10-11-27-14(13-21)12-18(23)24/h3-4,6-7,14H,2,5,8-13H2,1H3,(H,20,25)(H,23,24). The number of amides is 2. The smallest absolute Gasteiger partial charge is 0.306 e. The van der Waals surface area contributed by atoms with Gasteiger partial charge in [0.2, 0.25) is 5.91 Å². The summed E-state index contributed by atoms with van der Waals surface area (Å²) < 4.78 is 10.8. The Morgan fingerprint density at radius 2 is 2.11 bits per heavy atom. The largest absolute Gasteiger partial charge is 0.493 e. The van der Waals surface area contributed by atoms with Crippen molar-refractivity contribution in [2.75, 3.05) is 32.8 Å². The van der Waals surface area contributed by atoms with Crippen LogP contribution in [-0.4, -0.2) is 66.7 Å². The first kappa shape index (κ1) is 20.7. The van der Waals surface area contributed by atoms with Gasteiger partial charge in [0.05, 0.1) is 31.3 Å². The predicted molar refractivity (Wildman–Crippen MR) is 97.8 cm³/mol. The van der Waals surface area contributed by atoms with Crippen LogP contribution in [-0.2, 0) is 14.3 Å². The summed E-state index contributed by atoms with van der Waals surface area (Å²) in [6.45, 7) is 3.79. The molecule has 2 amide bonds. The van der Waals surface area contributed by atoms with Crippen LogP contribution in [0, 0.1) is 0 Å². The van der Waals surface area contributed by atoms with Gasteiger partial charge in [-0.1, -0.05) is 12.1 Å². The number of rotatable bonds is 9. The van der Waals surface area contributed by atoms with Gasteiger partial charge in [-0.3, -0.25) is 14.4 Å². The minimum atomic E-state index is -0.940. The summed E-state index contributed by atoms with van der Waals surface area (Å²) in [5.74, 6) is -0.701. The van der Waals surface area contributed by atoms with Crippen LogP contribution in [0.3, 0.4) is 0 Å². The number of nitrogens with zero attached hydrogens (tertiary/aromatic N) is 1. The molecule has 2 N–H and O–H groups in total. The molecular weight excluding hydrogens is 352 g/mol. The lowest BCUT2D eigenvalue weighted by atomic mass is 10.1. The maximum atomic E-state index is 12.3. The Morgan fingerprint density at radius 3 is 2.85 bits per heavy atom. The Labute approximate surface area is 158 Å². The predicted octanol–water partition coefficient (Wildman–Crippen LogP) is 1.30. The number of ether oxygens (including phenoxy) is 2. The van der Waals surface area contributed by atoms with Crippen LogP contribution in [0.5, 0.6) is 5.75 Å². The van der Waals surface area contributed by atoms with E-state index >= 15 is 0 Å². The topological polar surface area (TPSA) is 105 Å². The number of morpholine rings is 1. The van der Waals surface area contributed by atoms with Crippen molar-refractivity contribution in [2.45, 2.75) is 32.3 Å². The molecule has 1 heterocycles. The number of hydrogen-bond donors (Lipinski definition) is 2. The summed E-state index contributed by atoms with van der Waals surface area (Å²) in [6, 6.07) is 7.02. The zero-order valence-electron chi connectivity index (χ0n) is 15.5. The molecule has 2 rings (SSSR count). The van der Waals surface area contributed by atoms with Crippen LogP contribution < -0.4 is 10.1 Å². The van der Waals surface area contributed by atoms with Gasteiger partial charge in [-0.05, 0) is 25.5 Å². The highest BCUT2D eigenvalue weighted by Crippen LogP contribution is 2.17. The number of nitrogens with one attached hydrogen (secondary N) is 1. The molecule has 1 aliphatic heterocycles. The zero-order chi connectivity index (χ0) is 19.6. The van der Waals surface area contributed by atoms with E-state index in [1.165, 1.54) is 0 Å². The summed E-state index contributed by atoms with van der Waals surface area (Å²) >= 11 is 0. The highest BCUT2D eigenvalue weighted by Gasteiger charge is 2.25. The minimum absolute atomic E-state index is 0.0577. The summed E-state index contributed by atoms with van der Waals surface area (Å²) in [7, 11) is 0. The van der Waals surface area contributed by atoms with Crippen LogP contribution in [0.1, 0.15) is 36.5 Å². The molecule has 8 nitrogen and oxygen atoms in total. The number of carboxylic acid groups (broad SMARTS) is 1. The molecule has 0 spiro atoms. The van der Waals surface area contributed by atoms with Gasteiger partial charge in [0.1, 0.15) is 5.75 Å². The summed E-state index contributed by atoms with van der Waals surface area (Å²) in [5.41, 5.74) is 0.468. The lowest BCUT2D eigenvalue weighted by molar-refractivity contribution is -0.147. The van der Waals surface area contributed by atoms with Gasteiger partial charge in [-0.25, -0.2) is 0 Å². The van der Waals surface area contributed by atoms with E-state index in [9.17, 15) is 14.4 Å². The second-order valence-corrected chi connectivity index (χ2v) is 6.22. The van der Waals surface area contributed by atoms with E-state index in [1.807, 2.05) is 6.92 Å². The summed E-state index contributed by atoms with van der Waals surface area (Å²) in [6.07, 6.45) is 0.212. The normalized spacial score (nSPS) is 16.6. The van der Waals surface area contributed by atoms with E-state index in [1.54, 1.807) is 29.2 Å². The van der Waals surface area contributed by atoms with Gasteiger partial charge in [0.25, 0.3) is 5.91 Å². The maximum absolute atomic E-state index is 12.3. The van der Waals surface area contributed by atoms with Crippen molar-refractivity contribution >= 4 is 17.8 Å². The van der Waals surface area contributed by atoms with Crippen LogP contribution >= 0.6 is 0 Å². The minimum Gasteiger partial charge on any atom is -0.493 e. The van der Waals surface area contributed by atoms with Crippen molar-refractivity contribution in [3.63, 3.8) is 0 Å². The number of carbonyl (C=O) groups is 3. The number of benzene rings is 1. The van der Waals surface area contributed by atoms with Gasteiger partial charge in [0, 0.05) is 26.1 Å². The molecule has 27 heavy (non-hydrogen) atoms. The van der Waals surface area contributed by atoms with E-state index in [4.69, 9.17) is 14.6 Å². The molecule has 1 fully saturated rings. The Balaban J connectivity index is 1.74. The molecule has 148 valence electrons. The van der Waals surface area contributed by atoms with Gasteiger partial charge in [0.15, 0.2) is 0 Å². The third-order valence-corrected chi connectivity index (χ3v) is 4.18. The molecule has 1 aliphatic rings. The first-order valence-corrected chi connectivity index (χ1v) is 9.12. The van der Waals surface area contributed by atoms with Crippen LogP contribution in [0.2, 0.25) is 0 Å². The molecule has 0 aliphatic carbocycles. The fraction of sp³-hybridized carbons (Fsp3) is 0.526. The molecule has 0 saturated carbocycles. The quantitative estimate of drug-likeness (QED) is 0.628. The Morgan fingerprint density at radius 1 is 1.33 bits per heavy atom. The maximum Gasteiger partial charge on any atom is 0.306 e. The van der Waals surface area contributed by atoms with Crippen LogP contribution in [0.25, 0.3) is 0 Å². The Bertz CT molecular complexity index is 663. The highest BCUT2D eigenvalue weighted by atomic mass is 16.5. The number of aliphatic carboxylic acids is 1. The van der Waals surface area contributed by atoms with E-state index in [-0.39, 0.29) is 24.7 Å². The van der Waals surface area contributed by atoms with E-state index in [2.05, 4.69) is 5.32 Å². The Kier molecular flexibility index (Phi) is 8.06.